The number of thiazole rings is 1. The molecule has 0 radical (unpaired) electrons. The van der Waals surface area contributed by atoms with E-state index in [9.17, 15) is 9.90 Å². The van der Waals surface area contributed by atoms with Crippen LogP contribution in [0.25, 0.3) is 0 Å². The van der Waals surface area contributed by atoms with Crippen molar-refractivity contribution in [3.05, 3.63) is 15.6 Å². The molecule has 1 aromatic rings. The Morgan fingerprint density at radius 1 is 1.35 bits per heavy atom. The molecule has 1 aliphatic rings. The van der Waals surface area contributed by atoms with Crippen molar-refractivity contribution >= 4 is 17.3 Å². The van der Waals surface area contributed by atoms with E-state index in [0.717, 1.165) is 29.5 Å². The first-order valence-corrected chi connectivity index (χ1v) is 8.24. The molecule has 5 heteroatoms. The zero-order valence-electron chi connectivity index (χ0n) is 12.4. The van der Waals surface area contributed by atoms with E-state index < -0.39 is 5.97 Å². The fourth-order valence-corrected chi connectivity index (χ4v) is 3.96. The van der Waals surface area contributed by atoms with Crippen LogP contribution in [0.5, 0.6) is 0 Å². The summed E-state index contributed by atoms with van der Waals surface area (Å²) in [6.45, 7) is 0.717. The summed E-state index contributed by atoms with van der Waals surface area (Å²) in [6, 6.07) is 0. The maximum Gasteiger partial charge on any atom is 0.347 e. The topological polar surface area (TPSA) is 53.4 Å². The van der Waals surface area contributed by atoms with E-state index >= 15 is 0 Å². The Morgan fingerprint density at radius 3 is 2.65 bits per heavy atom. The van der Waals surface area contributed by atoms with Gasteiger partial charge in [0, 0.05) is 6.54 Å². The van der Waals surface area contributed by atoms with Gasteiger partial charge in [0.2, 0.25) is 0 Å². The van der Waals surface area contributed by atoms with Gasteiger partial charge in [-0.1, -0.05) is 32.1 Å². The predicted molar refractivity (Wildman–Crippen MR) is 81.4 cm³/mol. The molecule has 20 heavy (non-hydrogen) atoms. The molecule has 0 unspecified atom stereocenters. The molecule has 1 aliphatic carbocycles. The fourth-order valence-electron chi connectivity index (χ4n) is 2.89. The molecular weight excluding hydrogens is 272 g/mol. The summed E-state index contributed by atoms with van der Waals surface area (Å²) in [6.07, 6.45) is 8.54. The normalized spacial score (nSPS) is 16.8. The number of carboxylic acids is 1. The average molecular weight is 296 g/mol. The largest absolute Gasteiger partial charge is 0.477 e. The van der Waals surface area contributed by atoms with Crippen molar-refractivity contribution in [2.24, 2.45) is 5.92 Å². The molecule has 4 nitrogen and oxygen atoms in total. The van der Waals surface area contributed by atoms with Gasteiger partial charge in [-0.2, -0.15) is 0 Å². The van der Waals surface area contributed by atoms with Crippen molar-refractivity contribution < 1.29 is 9.90 Å². The zero-order chi connectivity index (χ0) is 14.5. The van der Waals surface area contributed by atoms with Crippen LogP contribution in [-0.4, -0.2) is 35.1 Å². The van der Waals surface area contributed by atoms with Crippen LogP contribution in [0.3, 0.4) is 0 Å². The van der Waals surface area contributed by atoms with Gasteiger partial charge in [-0.25, -0.2) is 9.78 Å². The average Bonchev–Trinajstić information content (AvgIpc) is 2.80. The summed E-state index contributed by atoms with van der Waals surface area (Å²) in [5.74, 6) is -0.0597. The van der Waals surface area contributed by atoms with Gasteiger partial charge in [-0.15, -0.1) is 11.3 Å². The van der Waals surface area contributed by atoms with E-state index in [0.29, 0.717) is 11.4 Å². The first-order chi connectivity index (χ1) is 9.56. The number of aromatic nitrogens is 1. The molecule has 0 amide bonds. The van der Waals surface area contributed by atoms with Crippen LogP contribution in [-0.2, 0) is 13.0 Å². The molecule has 1 N–H and O–H groups in total. The van der Waals surface area contributed by atoms with E-state index in [-0.39, 0.29) is 0 Å². The van der Waals surface area contributed by atoms with Gasteiger partial charge in [-0.05, 0) is 32.9 Å². The molecule has 0 atom stereocenters. The minimum atomic E-state index is -0.828. The summed E-state index contributed by atoms with van der Waals surface area (Å²) >= 11 is 1.33. The van der Waals surface area contributed by atoms with Crippen LogP contribution in [0.2, 0.25) is 0 Å². The summed E-state index contributed by atoms with van der Waals surface area (Å²) in [4.78, 5) is 18.3. The molecule has 1 saturated carbocycles. The van der Waals surface area contributed by atoms with Gasteiger partial charge in [0.1, 0.15) is 9.88 Å². The molecule has 2 rings (SSSR count). The molecule has 0 aliphatic heterocycles. The molecule has 1 heterocycles. The summed E-state index contributed by atoms with van der Waals surface area (Å²) in [5, 5.41) is 10.2. The monoisotopic (exact) mass is 296 g/mol. The number of hydrogen-bond donors (Lipinski definition) is 1. The molecule has 112 valence electrons. The number of nitrogens with zero attached hydrogens (tertiary/aromatic N) is 2. The first-order valence-electron chi connectivity index (χ1n) is 7.43. The van der Waals surface area contributed by atoms with Crippen LogP contribution in [0.1, 0.15) is 58.9 Å². The second-order valence-corrected chi connectivity index (χ2v) is 7.05. The van der Waals surface area contributed by atoms with E-state index in [1.807, 2.05) is 19.0 Å². The Kier molecular flexibility index (Phi) is 5.54. The van der Waals surface area contributed by atoms with Crippen LogP contribution in [0, 0.1) is 5.92 Å². The SMILES string of the molecule is CN(C)Cc1nc(CCC2CCCCC2)c(C(=O)O)s1. The lowest BCUT2D eigenvalue weighted by Gasteiger charge is -2.20. The highest BCUT2D eigenvalue weighted by Gasteiger charge is 2.20. The lowest BCUT2D eigenvalue weighted by atomic mass is 9.86. The van der Waals surface area contributed by atoms with Gasteiger partial charge >= 0.3 is 5.97 Å². The maximum atomic E-state index is 11.3. The van der Waals surface area contributed by atoms with Crippen molar-refractivity contribution in [3.63, 3.8) is 0 Å². The highest BCUT2D eigenvalue weighted by atomic mass is 32.1. The van der Waals surface area contributed by atoms with Gasteiger partial charge in [0.15, 0.2) is 0 Å². The number of carbonyl (C=O) groups is 1. The Hall–Kier alpha value is -0.940. The quantitative estimate of drug-likeness (QED) is 0.874. The van der Waals surface area contributed by atoms with Crippen LogP contribution in [0.15, 0.2) is 0 Å². The van der Waals surface area contributed by atoms with Crippen LogP contribution < -0.4 is 0 Å². The van der Waals surface area contributed by atoms with Gasteiger partial charge in [-0.3, -0.25) is 0 Å². The second-order valence-electron chi connectivity index (χ2n) is 5.97. The molecule has 0 saturated heterocycles. The third-order valence-electron chi connectivity index (χ3n) is 3.90. The summed E-state index contributed by atoms with van der Waals surface area (Å²) in [7, 11) is 3.95. The molecule has 1 fully saturated rings. The number of aryl methyl sites for hydroxylation is 1. The second kappa shape index (κ2) is 7.18. The van der Waals surface area contributed by atoms with Crippen LogP contribution in [0.4, 0.5) is 0 Å². The summed E-state index contributed by atoms with van der Waals surface area (Å²) < 4.78 is 0. The number of hydrogen-bond acceptors (Lipinski definition) is 4. The predicted octanol–water partition coefficient (Wildman–Crippen LogP) is 3.42. The molecule has 1 aromatic heterocycles. The number of aromatic carboxylic acids is 1. The highest BCUT2D eigenvalue weighted by Crippen LogP contribution is 2.29. The third kappa shape index (κ3) is 4.28. The van der Waals surface area contributed by atoms with E-state index in [1.165, 1.54) is 43.4 Å². The molecule has 0 spiro atoms. The summed E-state index contributed by atoms with van der Waals surface area (Å²) in [5.41, 5.74) is 0.796. The van der Waals surface area contributed by atoms with Crippen molar-refractivity contribution in [1.29, 1.82) is 0 Å². The van der Waals surface area contributed by atoms with Crippen molar-refractivity contribution in [1.82, 2.24) is 9.88 Å². The van der Waals surface area contributed by atoms with Crippen LogP contribution >= 0.6 is 11.3 Å². The van der Waals surface area contributed by atoms with E-state index in [1.54, 1.807) is 0 Å². The molecule has 0 aromatic carbocycles. The van der Waals surface area contributed by atoms with Crippen molar-refractivity contribution in [3.8, 4) is 0 Å². The Morgan fingerprint density at radius 2 is 2.05 bits per heavy atom. The van der Waals surface area contributed by atoms with E-state index in [2.05, 4.69) is 4.98 Å². The van der Waals surface area contributed by atoms with E-state index in [4.69, 9.17) is 0 Å². The Balaban J connectivity index is 2.00. The van der Waals surface area contributed by atoms with Gasteiger partial charge < -0.3 is 10.0 Å². The van der Waals surface area contributed by atoms with Crippen molar-refractivity contribution in [2.45, 2.75) is 51.5 Å². The van der Waals surface area contributed by atoms with Crippen molar-refractivity contribution in [2.75, 3.05) is 14.1 Å². The minimum absolute atomic E-state index is 0.442. The molecular formula is C15H24N2O2S. The maximum absolute atomic E-state index is 11.3. The highest BCUT2D eigenvalue weighted by molar-refractivity contribution is 7.13. The lowest BCUT2D eigenvalue weighted by Crippen LogP contribution is -2.10. The smallest absolute Gasteiger partial charge is 0.347 e. The zero-order valence-corrected chi connectivity index (χ0v) is 13.2. The first kappa shape index (κ1) is 15.4. The number of rotatable bonds is 6. The lowest BCUT2D eigenvalue weighted by molar-refractivity contribution is 0.0700. The standard InChI is InChI=1S/C15H24N2O2S/c1-17(2)10-13-16-12(14(20-13)15(18)19)9-8-11-6-4-3-5-7-11/h11H,3-10H2,1-2H3,(H,18,19). The van der Waals surface area contributed by atoms with Gasteiger partial charge in [0.25, 0.3) is 0 Å². The fraction of sp³-hybridized carbons (Fsp3) is 0.733. The van der Waals surface area contributed by atoms with Gasteiger partial charge in [0.05, 0.1) is 5.69 Å². The Labute approximate surface area is 124 Å². The molecule has 0 bridgehead atoms. The Bertz CT molecular complexity index is 451. The third-order valence-corrected chi connectivity index (χ3v) is 4.97. The number of carboxylic acid groups (broad SMARTS) is 1. The minimum Gasteiger partial charge on any atom is -0.477 e.